The van der Waals surface area contributed by atoms with Gasteiger partial charge in [-0.15, -0.1) is 0 Å². The van der Waals surface area contributed by atoms with E-state index < -0.39 is 0 Å². The fourth-order valence-corrected chi connectivity index (χ4v) is 3.98. The zero-order chi connectivity index (χ0) is 20.5. The van der Waals surface area contributed by atoms with Gasteiger partial charge in [-0.2, -0.15) is 5.10 Å². The molecule has 4 heterocycles. The van der Waals surface area contributed by atoms with Gasteiger partial charge in [0.1, 0.15) is 0 Å². The maximum absolute atomic E-state index is 12.7. The fraction of sp³-hybridized carbons (Fsp3) is 0.250. The van der Waals surface area contributed by atoms with Crippen molar-refractivity contribution in [2.45, 2.75) is 25.7 Å². The molecule has 0 aliphatic carbocycles. The number of pyridine rings is 2. The number of aryl methyl sites for hydroxylation is 1. The Bertz CT molecular complexity index is 1180. The highest BCUT2D eigenvalue weighted by Gasteiger charge is 2.30. The van der Waals surface area contributed by atoms with E-state index >= 15 is 0 Å². The smallest absolute Gasteiger partial charge is 0.227 e. The van der Waals surface area contributed by atoms with Gasteiger partial charge in [0.15, 0.2) is 11.5 Å². The summed E-state index contributed by atoms with van der Waals surface area (Å²) < 4.78 is 1.84. The molecule has 4 aromatic rings. The van der Waals surface area contributed by atoms with Gasteiger partial charge < -0.3 is 4.90 Å². The third-order valence-electron chi connectivity index (χ3n) is 5.74. The quantitative estimate of drug-likeness (QED) is 0.527. The monoisotopic (exact) mass is 397 g/mol. The van der Waals surface area contributed by atoms with Gasteiger partial charge in [-0.25, -0.2) is 9.50 Å². The van der Waals surface area contributed by atoms with Crippen LogP contribution in [0.3, 0.4) is 0 Å². The van der Waals surface area contributed by atoms with Crippen LogP contribution in [0.15, 0.2) is 67.1 Å². The van der Waals surface area contributed by atoms with Crippen molar-refractivity contribution in [3.8, 4) is 11.1 Å². The van der Waals surface area contributed by atoms with Crippen LogP contribution in [0.2, 0.25) is 0 Å². The van der Waals surface area contributed by atoms with Crippen LogP contribution in [0.4, 0.5) is 0 Å². The van der Waals surface area contributed by atoms with Gasteiger partial charge in [0.2, 0.25) is 5.91 Å². The Labute approximate surface area is 175 Å². The number of likely N-dealkylation sites (tertiary alicyclic amines) is 1. The first-order valence-corrected chi connectivity index (χ1v) is 10.3. The summed E-state index contributed by atoms with van der Waals surface area (Å²) in [5, 5.41) is 4.72. The number of fused-ring (bicyclic) bond motifs is 1. The number of aromatic nitrogens is 4. The van der Waals surface area contributed by atoms with Gasteiger partial charge in [-0.1, -0.05) is 29.8 Å². The van der Waals surface area contributed by atoms with E-state index in [-0.39, 0.29) is 11.8 Å². The number of carbonyl (C=O) groups excluding carboxylic acids is 1. The standard InChI is InChI=1S/C24H23N5O/c1-17-2-4-18(5-3-17)14-23(30)28-13-10-21(15-28)24-26-22-7-6-20(16-29(22)27-24)19-8-11-25-12-9-19/h2-9,11-12,16,21H,10,13-15H2,1H3. The third kappa shape index (κ3) is 3.68. The summed E-state index contributed by atoms with van der Waals surface area (Å²) in [6.07, 6.45) is 6.91. The summed E-state index contributed by atoms with van der Waals surface area (Å²) in [7, 11) is 0. The number of amides is 1. The molecule has 0 bridgehead atoms. The Morgan fingerprint density at radius 2 is 1.83 bits per heavy atom. The zero-order valence-electron chi connectivity index (χ0n) is 16.9. The van der Waals surface area contributed by atoms with Crippen LogP contribution in [0.5, 0.6) is 0 Å². The lowest BCUT2D eigenvalue weighted by Gasteiger charge is -2.16. The highest BCUT2D eigenvalue weighted by Crippen LogP contribution is 2.27. The molecule has 30 heavy (non-hydrogen) atoms. The molecule has 5 rings (SSSR count). The Morgan fingerprint density at radius 3 is 2.63 bits per heavy atom. The minimum Gasteiger partial charge on any atom is -0.342 e. The minimum absolute atomic E-state index is 0.171. The Hall–Kier alpha value is -3.54. The fourth-order valence-electron chi connectivity index (χ4n) is 3.98. The molecule has 1 saturated heterocycles. The maximum Gasteiger partial charge on any atom is 0.227 e. The van der Waals surface area contributed by atoms with Crippen LogP contribution >= 0.6 is 0 Å². The predicted octanol–water partition coefficient (Wildman–Crippen LogP) is 3.66. The maximum atomic E-state index is 12.7. The summed E-state index contributed by atoms with van der Waals surface area (Å²) in [5.74, 6) is 1.16. The first-order chi connectivity index (χ1) is 14.7. The molecule has 1 aliphatic rings. The van der Waals surface area contributed by atoms with Crippen molar-refractivity contribution in [1.82, 2.24) is 24.5 Å². The van der Waals surface area contributed by atoms with Gasteiger partial charge in [0.25, 0.3) is 0 Å². The second kappa shape index (κ2) is 7.71. The van der Waals surface area contributed by atoms with Crippen molar-refractivity contribution in [1.29, 1.82) is 0 Å². The first kappa shape index (κ1) is 18.5. The lowest BCUT2D eigenvalue weighted by atomic mass is 10.1. The van der Waals surface area contributed by atoms with Crippen molar-refractivity contribution < 1.29 is 4.79 Å². The second-order valence-corrected chi connectivity index (χ2v) is 7.91. The van der Waals surface area contributed by atoms with Crippen molar-refractivity contribution >= 4 is 11.6 Å². The average molecular weight is 397 g/mol. The molecular weight excluding hydrogens is 374 g/mol. The molecule has 0 saturated carbocycles. The van der Waals surface area contributed by atoms with Gasteiger partial charge in [0.05, 0.1) is 6.42 Å². The average Bonchev–Trinajstić information content (AvgIpc) is 3.42. The van der Waals surface area contributed by atoms with E-state index in [2.05, 4.69) is 30.1 Å². The highest BCUT2D eigenvalue weighted by atomic mass is 16.2. The molecule has 1 atom stereocenters. The molecule has 1 amide bonds. The number of rotatable bonds is 4. The molecule has 6 heteroatoms. The van der Waals surface area contributed by atoms with Gasteiger partial charge in [-0.05, 0) is 48.7 Å². The molecule has 1 aromatic carbocycles. The van der Waals surface area contributed by atoms with Crippen LogP contribution in [0, 0.1) is 6.92 Å². The van der Waals surface area contributed by atoms with Crippen LogP contribution in [0.1, 0.15) is 29.3 Å². The third-order valence-corrected chi connectivity index (χ3v) is 5.74. The van der Waals surface area contributed by atoms with Crippen molar-refractivity contribution in [2.24, 2.45) is 0 Å². The molecule has 150 valence electrons. The lowest BCUT2D eigenvalue weighted by molar-refractivity contribution is -0.129. The highest BCUT2D eigenvalue weighted by molar-refractivity contribution is 5.79. The molecule has 3 aromatic heterocycles. The van der Waals surface area contributed by atoms with Crippen molar-refractivity contribution in [3.05, 3.63) is 84.1 Å². The number of hydrogen-bond acceptors (Lipinski definition) is 4. The predicted molar refractivity (Wildman–Crippen MR) is 115 cm³/mol. The van der Waals surface area contributed by atoms with E-state index in [1.165, 1.54) is 5.56 Å². The Kier molecular flexibility index (Phi) is 4.75. The molecule has 1 aliphatic heterocycles. The van der Waals surface area contributed by atoms with Gasteiger partial charge in [-0.3, -0.25) is 9.78 Å². The van der Waals surface area contributed by atoms with E-state index in [0.29, 0.717) is 13.0 Å². The number of hydrogen-bond donors (Lipinski definition) is 0. The summed E-state index contributed by atoms with van der Waals surface area (Å²) in [6.45, 7) is 3.49. The van der Waals surface area contributed by atoms with Gasteiger partial charge >= 0.3 is 0 Å². The number of nitrogens with zero attached hydrogens (tertiary/aromatic N) is 5. The van der Waals surface area contributed by atoms with Crippen molar-refractivity contribution in [2.75, 3.05) is 13.1 Å². The Morgan fingerprint density at radius 1 is 1.03 bits per heavy atom. The second-order valence-electron chi connectivity index (χ2n) is 7.91. The SMILES string of the molecule is Cc1ccc(CC(=O)N2CCC(c3nc4ccc(-c5ccncc5)cn4n3)C2)cc1. The van der Waals surface area contributed by atoms with Crippen LogP contribution in [0.25, 0.3) is 16.8 Å². The van der Waals surface area contributed by atoms with Crippen molar-refractivity contribution in [3.63, 3.8) is 0 Å². The molecule has 1 unspecified atom stereocenters. The molecule has 6 nitrogen and oxygen atoms in total. The minimum atomic E-state index is 0.171. The summed E-state index contributed by atoms with van der Waals surface area (Å²) in [4.78, 5) is 23.5. The summed E-state index contributed by atoms with van der Waals surface area (Å²) in [5.41, 5.74) is 5.26. The van der Waals surface area contributed by atoms with Crippen LogP contribution < -0.4 is 0 Å². The van der Waals surface area contributed by atoms with E-state index in [9.17, 15) is 4.79 Å². The number of carbonyl (C=O) groups is 1. The number of benzene rings is 1. The molecule has 1 fully saturated rings. The van der Waals surface area contributed by atoms with E-state index in [0.717, 1.165) is 41.1 Å². The van der Waals surface area contributed by atoms with E-state index in [4.69, 9.17) is 10.1 Å². The van der Waals surface area contributed by atoms with Crippen LogP contribution in [-0.2, 0) is 11.2 Å². The summed E-state index contributed by atoms with van der Waals surface area (Å²) in [6, 6.07) is 16.2. The van der Waals surface area contributed by atoms with Crippen LogP contribution in [-0.4, -0.2) is 43.5 Å². The first-order valence-electron chi connectivity index (χ1n) is 10.3. The molecule has 0 radical (unpaired) electrons. The van der Waals surface area contributed by atoms with Gasteiger partial charge in [0, 0.05) is 43.2 Å². The largest absolute Gasteiger partial charge is 0.342 e. The topological polar surface area (TPSA) is 63.4 Å². The molecule has 0 spiro atoms. The zero-order valence-corrected chi connectivity index (χ0v) is 16.9. The van der Waals surface area contributed by atoms with E-state index in [1.807, 2.05) is 45.9 Å². The molecular formula is C24H23N5O. The Balaban J connectivity index is 1.30. The summed E-state index contributed by atoms with van der Waals surface area (Å²) >= 11 is 0. The lowest BCUT2D eigenvalue weighted by Crippen LogP contribution is -2.30. The normalized spacial score (nSPS) is 16.3. The molecule has 0 N–H and O–H groups in total. The van der Waals surface area contributed by atoms with E-state index in [1.54, 1.807) is 12.4 Å².